The van der Waals surface area contributed by atoms with E-state index in [9.17, 15) is 4.79 Å². The molecule has 0 aromatic carbocycles. The van der Waals surface area contributed by atoms with Gasteiger partial charge in [-0.05, 0) is 31.4 Å². The quantitative estimate of drug-likeness (QED) is 0.806. The molecule has 4 heteroatoms. The molecular weight excluding hydrogens is 214 g/mol. The molecule has 1 aromatic heterocycles. The van der Waals surface area contributed by atoms with Crippen molar-refractivity contribution in [2.75, 3.05) is 6.54 Å². The van der Waals surface area contributed by atoms with Crippen LogP contribution < -0.4 is 10.6 Å². The van der Waals surface area contributed by atoms with Crippen molar-refractivity contribution in [1.82, 2.24) is 15.2 Å². The largest absolute Gasteiger partial charge is 0.354 e. The Bertz CT molecular complexity index is 387. The van der Waals surface area contributed by atoms with Crippen LogP contribution in [0.1, 0.15) is 19.3 Å². The lowest BCUT2D eigenvalue weighted by molar-refractivity contribution is -0.125. The fourth-order valence-corrected chi connectivity index (χ4v) is 3.07. The third-order valence-corrected chi connectivity index (χ3v) is 3.97. The highest BCUT2D eigenvalue weighted by Gasteiger charge is 2.42. The first-order valence-electron chi connectivity index (χ1n) is 6.47. The van der Waals surface area contributed by atoms with Crippen LogP contribution in [0.5, 0.6) is 0 Å². The number of amides is 1. The number of aromatic nitrogens is 1. The van der Waals surface area contributed by atoms with Crippen molar-refractivity contribution in [3.63, 3.8) is 0 Å². The Balaban J connectivity index is 1.45. The highest BCUT2D eigenvalue weighted by atomic mass is 16.1. The fraction of sp³-hybridized carbons (Fsp3) is 0.615. The molecule has 92 valence electrons. The van der Waals surface area contributed by atoms with Gasteiger partial charge in [-0.3, -0.25) is 4.79 Å². The third-order valence-electron chi connectivity index (χ3n) is 3.97. The van der Waals surface area contributed by atoms with Gasteiger partial charge < -0.3 is 15.2 Å². The summed E-state index contributed by atoms with van der Waals surface area (Å²) in [5.74, 6) is 0.440. The molecule has 2 aliphatic rings. The van der Waals surface area contributed by atoms with E-state index < -0.39 is 0 Å². The van der Waals surface area contributed by atoms with Crippen LogP contribution in [-0.4, -0.2) is 29.1 Å². The van der Waals surface area contributed by atoms with E-state index in [1.54, 1.807) is 0 Å². The summed E-state index contributed by atoms with van der Waals surface area (Å²) in [5, 5.41) is 6.54. The molecule has 17 heavy (non-hydrogen) atoms. The van der Waals surface area contributed by atoms with E-state index in [0.717, 1.165) is 19.5 Å². The van der Waals surface area contributed by atoms with Crippen molar-refractivity contribution < 1.29 is 4.79 Å². The Morgan fingerprint density at radius 1 is 1.35 bits per heavy atom. The molecule has 2 saturated heterocycles. The Kier molecular flexibility index (Phi) is 2.89. The topological polar surface area (TPSA) is 46.1 Å². The van der Waals surface area contributed by atoms with E-state index >= 15 is 0 Å². The van der Waals surface area contributed by atoms with E-state index in [1.807, 2.05) is 24.5 Å². The molecule has 1 amide bonds. The number of rotatable bonds is 4. The van der Waals surface area contributed by atoms with Crippen molar-refractivity contribution in [1.29, 1.82) is 0 Å². The van der Waals surface area contributed by atoms with Crippen LogP contribution >= 0.6 is 0 Å². The lowest BCUT2D eigenvalue weighted by Crippen LogP contribution is -2.38. The van der Waals surface area contributed by atoms with E-state index in [-0.39, 0.29) is 11.8 Å². The van der Waals surface area contributed by atoms with Gasteiger partial charge in [0.25, 0.3) is 0 Å². The zero-order chi connectivity index (χ0) is 11.7. The highest BCUT2D eigenvalue weighted by Crippen LogP contribution is 2.33. The standard InChI is InChI=1S/C13H19N3O/c17-13(11-9-10-3-4-12(11)15-10)14-5-8-16-6-1-2-7-16/h1-2,6-7,10-12,15H,3-5,8-9H2,(H,14,17). The summed E-state index contributed by atoms with van der Waals surface area (Å²) in [6.07, 6.45) is 7.48. The predicted octanol–water partition coefficient (Wildman–Crippen LogP) is 0.745. The molecule has 0 radical (unpaired) electrons. The first-order valence-corrected chi connectivity index (χ1v) is 6.47. The average molecular weight is 233 g/mol. The van der Waals surface area contributed by atoms with Gasteiger partial charge in [0.1, 0.15) is 0 Å². The van der Waals surface area contributed by atoms with Gasteiger partial charge in [-0.15, -0.1) is 0 Å². The van der Waals surface area contributed by atoms with Crippen LogP contribution in [0.15, 0.2) is 24.5 Å². The maximum absolute atomic E-state index is 12.0. The van der Waals surface area contributed by atoms with Crippen LogP contribution in [0.3, 0.4) is 0 Å². The van der Waals surface area contributed by atoms with E-state index in [1.165, 1.54) is 12.8 Å². The van der Waals surface area contributed by atoms with Gasteiger partial charge in [0.2, 0.25) is 5.91 Å². The van der Waals surface area contributed by atoms with E-state index in [4.69, 9.17) is 0 Å². The normalized spacial score (nSPS) is 30.7. The summed E-state index contributed by atoms with van der Waals surface area (Å²) in [5.41, 5.74) is 0. The lowest BCUT2D eigenvalue weighted by Gasteiger charge is -2.19. The Hall–Kier alpha value is -1.29. The minimum Gasteiger partial charge on any atom is -0.354 e. The fourth-order valence-electron chi connectivity index (χ4n) is 3.07. The maximum Gasteiger partial charge on any atom is 0.224 e. The minimum absolute atomic E-state index is 0.207. The summed E-state index contributed by atoms with van der Waals surface area (Å²) in [6.45, 7) is 1.58. The van der Waals surface area contributed by atoms with Crippen LogP contribution in [0, 0.1) is 5.92 Å². The number of hydrogen-bond donors (Lipinski definition) is 2. The summed E-state index contributed by atoms with van der Waals surface area (Å²) < 4.78 is 2.08. The van der Waals surface area contributed by atoms with Gasteiger partial charge in [0, 0.05) is 37.6 Å². The molecule has 1 aromatic rings. The molecule has 2 aliphatic heterocycles. The summed E-state index contributed by atoms with van der Waals surface area (Å²) in [4.78, 5) is 12.0. The Morgan fingerprint density at radius 3 is 2.82 bits per heavy atom. The van der Waals surface area contributed by atoms with Crippen molar-refractivity contribution in [3.8, 4) is 0 Å². The minimum atomic E-state index is 0.207. The average Bonchev–Trinajstić information content (AvgIpc) is 3.05. The van der Waals surface area contributed by atoms with Gasteiger partial charge in [0.15, 0.2) is 0 Å². The number of fused-ring (bicyclic) bond motifs is 2. The molecule has 3 heterocycles. The van der Waals surface area contributed by atoms with Crippen molar-refractivity contribution in [3.05, 3.63) is 24.5 Å². The van der Waals surface area contributed by atoms with Gasteiger partial charge in [-0.1, -0.05) is 0 Å². The molecule has 2 bridgehead atoms. The second kappa shape index (κ2) is 4.53. The zero-order valence-electron chi connectivity index (χ0n) is 9.93. The summed E-state index contributed by atoms with van der Waals surface area (Å²) in [7, 11) is 0. The number of carbonyl (C=O) groups excluding carboxylic acids is 1. The second-order valence-electron chi connectivity index (χ2n) is 5.10. The van der Waals surface area contributed by atoms with Crippen molar-refractivity contribution in [2.24, 2.45) is 5.92 Å². The first kappa shape index (κ1) is 10.8. The molecule has 2 fully saturated rings. The first-order chi connectivity index (χ1) is 8.33. The Labute approximate surface area is 101 Å². The number of nitrogens with zero attached hydrogens (tertiary/aromatic N) is 1. The van der Waals surface area contributed by atoms with Gasteiger partial charge in [-0.2, -0.15) is 0 Å². The molecule has 0 spiro atoms. The monoisotopic (exact) mass is 233 g/mol. The Morgan fingerprint density at radius 2 is 2.18 bits per heavy atom. The number of nitrogens with one attached hydrogen (secondary N) is 2. The molecule has 0 aliphatic carbocycles. The summed E-state index contributed by atoms with van der Waals surface area (Å²) >= 11 is 0. The molecule has 4 nitrogen and oxygen atoms in total. The smallest absolute Gasteiger partial charge is 0.224 e. The SMILES string of the molecule is O=C(NCCn1cccc1)C1CC2CCC1N2. The zero-order valence-corrected chi connectivity index (χ0v) is 9.93. The molecule has 3 atom stereocenters. The van der Waals surface area contributed by atoms with Crippen LogP contribution in [0.4, 0.5) is 0 Å². The number of hydrogen-bond acceptors (Lipinski definition) is 2. The molecule has 0 saturated carbocycles. The van der Waals surface area contributed by atoms with E-state index in [0.29, 0.717) is 12.1 Å². The predicted molar refractivity (Wildman–Crippen MR) is 65.5 cm³/mol. The maximum atomic E-state index is 12.0. The van der Waals surface area contributed by atoms with Crippen molar-refractivity contribution >= 4 is 5.91 Å². The third kappa shape index (κ3) is 2.22. The van der Waals surface area contributed by atoms with Crippen LogP contribution in [-0.2, 0) is 11.3 Å². The van der Waals surface area contributed by atoms with Gasteiger partial charge in [-0.25, -0.2) is 0 Å². The second-order valence-corrected chi connectivity index (χ2v) is 5.10. The van der Waals surface area contributed by atoms with Crippen LogP contribution in [0.2, 0.25) is 0 Å². The lowest BCUT2D eigenvalue weighted by atomic mass is 9.88. The molecule has 2 N–H and O–H groups in total. The van der Waals surface area contributed by atoms with Crippen molar-refractivity contribution in [2.45, 2.75) is 37.9 Å². The van der Waals surface area contributed by atoms with Gasteiger partial charge in [0.05, 0.1) is 5.92 Å². The van der Waals surface area contributed by atoms with E-state index in [2.05, 4.69) is 15.2 Å². The molecule has 3 rings (SSSR count). The number of carbonyl (C=O) groups is 1. The van der Waals surface area contributed by atoms with Crippen LogP contribution in [0.25, 0.3) is 0 Å². The van der Waals surface area contributed by atoms with Gasteiger partial charge >= 0.3 is 0 Å². The molecular formula is C13H19N3O. The summed E-state index contributed by atoms with van der Waals surface area (Å²) in [6, 6.07) is 5.04. The molecule has 3 unspecified atom stereocenters. The highest BCUT2D eigenvalue weighted by molar-refractivity contribution is 5.80.